The summed E-state index contributed by atoms with van der Waals surface area (Å²) in [7, 11) is 0. The Morgan fingerprint density at radius 3 is 2.59 bits per heavy atom. The number of nitrogens with one attached hydrogen (secondary N) is 1. The van der Waals surface area contributed by atoms with Gasteiger partial charge in [0.15, 0.2) is 5.78 Å². The van der Waals surface area contributed by atoms with E-state index in [0.29, 0.717) is 10.6 Å². The van der Waals surface area contributed by atoms with E-state index in [1.165, 1.54) is 18.2 Å². The number of hydrogen-bond donors (Lipinski definition) is 1. The second kappa shape index (κ2) is 7.76. The maximum Gasteiger partial charge on any atom is 0.220 e. The third kappa shape index (κ3) is 4.71. The Bertz CT molecular complexity index is 683. The average molecular weight is 318 g/mol. The highest BCUT2D eigenvalue weighted by atomic mass is 35.5. The van der Waals surface area contributed by atoms with Crippen molar-refractivity contribution in [1.29, 1.82) is 0 Å². The van der Waals surface area contributed by atoms with Crippen molar-refractivity contribution in [2.45, 2.75) is 25.8 Å². The van der Waals surface area contributed by atoms with Crippen LogP contribution in [0.15, 0.2) is 54.6 Å². The minimum absolute atomic E-state index is 0.0904. The van der Waals surface area contributed by atoms with E-state index in [4.69, 9.17) is 13.0 Å². The fraction of sp³-hybridized carbons (Fsp3) is 0.222. The molecule has 0 fully saturated rings. The van der Waals surface area contributed by atoms with Crippen LogP contribution in [0.5, 0.6) is 0 Å². The lowest BCUT2D eigenvalue weighted by Crippen LogP contribution is -2.26. The normalized spacial score (nSPS) is 12.4. The van der Waals surface area contributed by atoms with Crippen molar-refractivity contribution in [2.24, 2.45) is 0 Å². The van der Waals surface area contributed by atoms with Crippen LogP contribution < -0.4 is 5.32 Å². The van der Waals surface area contributed by atoms with Gasteiger partial charge in [0.1, 0.15) is 0 Å². The molecule has 3 nitrogen and oxygen atoms in total. The molecular weight excluding hydrogens is 298 g/mol. The standard InChI is InChI=1S/C18H18ClNO2/c1-13(14-6-3-2-4-7-14)20-18(22)11-10-17(21)15-8-5-9-16(19)12-15/h2-9,12-13H,10-11H2,1H3,(H,20,22)/t13-/m0/s1/i5T. The fourth-order valence-corrected chi connectivity index (χ4v) is 2.29. The largest absolute Gasteiger partial charge is 0.350 e. The maximum absolute atomic E-state index is 12.1. The smallest absolute Gasteiger partial charge is 0.220 e. The molecule has 2 aromatic rings. The summed E-state index contributed by atoms with van der Waals surface area (Å²) in [5, 5.41) is 3.22. The lowest BCUT2D eigenvalue weighted by Gasteiger charge is -2.14. The molecule has 1 amide bonds. The van der Waals surface area contributed by atoms with Gasteiger partial charge in [-0.2, -0.15) is 0 Å². The first-order valence-electron chi connectivity index (χ1n) is 7.60. The van der Waals surface area contributed by atoms with Gasteiger partial charge in [-0.1, -0.05) is 54.0 Å². The van der Waals surface area contributed by atoms with E-state index in [1.54, 1.807) is 0 Å². The van der Waals surface area contributed by atoms with Crippen LogP contribution in [-0.2, 0) is 4.79 Å². The number of hydrogen-bond acceptors (Lipinski definition) is 2. The predicted octanol–water partition coefficient (Wildman–Crippen LogP) is 4.18. The number of halogens is 1. The Morgan fingerprint density at radius 1 is 1.18 bits per heavy atom. The van der Waals surface area contributed by atoms with Crippen molar-refractivity contribution >= 4 is 23.3 Å². The predicted molar refractivity (Wildman–Crippen MR) is 88.0 cm³/mol. The molecule has 22 heavy (non-hydrogen) atoms. The number of benzene rings is 2. The molecule has 2 aromatic carbocycles. The summed E-state index contributed by atoms with van der Waals surface area (Å²) in [6, 6.07) is 14.2. The zero-order chi connectivity index (χ0) is 16.8. The van der Waals surface area contributed by atoms with Gasteiger partial charge in [-0.05, 0) is 24.6 Å². The molecule has 0 aliphatic rings. The Morgan fingerprint density at radius 2 is 1.91 bits per heavy atom. The molecule has 0 radical (unpaired) electrons. The lowest BCUT2D eigenvalue weighted by atomic mass is 10.1. The van der Waals surface area contributed by atoms with Gasteiger partial charge in [-0.25, -0.2) is 0 Å². The van der Waals surface area contributed by atoms with Crippen LogP contribution in [0.4, 0.5) is 0 Å². The molecule has 0 bridgehead atoms. The molecule has 0 aliphatic carbocycles. The third-order valence-electron chi connectivity index (χ3n) is 3.33. The number of ketones is 1. The molecule has 2 rings (SSSR count). The number of Topliss-reactive ketones (excluding diaryl/α,β-unsaturated/α-hetero) is 1. The van der Waals surface area contributed by atoms with E-state index in [9.17, 15) is 9.59 Å². The summed E-state index contributed by atoms with van der Waals surface area (Å²) >= 11 is 5.84. The molecule has 4 heteroatoms. The summed E-state index contributed by atoms with van der Waals surface area (Å²) in [5.41, 5.74) is 1.38. The molecular formula is C18H18ClNO2. The highest BCUT2D eigenvalue weighted by Gasteiger charge is 2.12. The SMILES string of the molecule is [3H]c1cc(Cl)cc(C(=O)CCC(=O)N[C@@H](C)c2ccccc2)c1. The van der Waals surface area contributed by atoms with Gasteiger partial charge < -0.3 is 5.32 Å². The quantitative estimate of drug-likeness (QED) is 0.812. The van der Waals surface area contributed by atoms with Crippen LogP contribution in [-0.4, -0.2) is 11.7 Å². The Labute approximate surface area is 136 Å². The van der Waals surface area contributed by atoms with E-state index < -0.39 is 0 Å². The molecule has 0 spiro atoms. The number of rotatable bonds is 6. The Hall–Kier alpha value is -2.13. The Balaban J connectivity index is 1.87. The first-order chi connectivity index (χ1) is 11.0. The van der Waals surface area contributed by atoms with Crippen LogP contribution in [0.1, 0.15) is 43.1 Å². The van der Waals surface area contributed by atoms with E-state index in [2.05, 4.69) is 5.32 Å². The summed E-state index contributed by atoms with van der Waals surface area (Å²) in [5.74, 6) is -0.369. The van der Waals surface area contributed by atoms with Gasteiger partial charge in [0.25, 0.3) is 0 Å². The van der Waals surface area contributed by atoms with Gasteiger partial charge in [-0.15, -0.1) is 0 Å². The fourth-order valence-electron chi connectivity index (χ4n) is 2.11. The second-order valence-electron chi connectivity index (χ2n) is 5.06. The monoisotopic (exact) mass is 317 g/mol. The molecule has 1 N–H and O–H groups in total. The molecule has 0 aromatic heterocycles. The zero-order valence-electron chi connectivity index (χ0n) is 13.3. The van der Waals surface area contributed by atoms with Gasteiger partial charge in [-0.3, -0.25) is 9.59 Å². The lowest BCUT2D eigenvalue weighted by molar-refractivity contribution is -0.121. The molecule has 1 atom stereocenters. The van der Waals surface area contributed by atoms with Crippen molar-refractivity contribution < 1.29 is 11.0 Å². The zero-order valence-corrected chi connectivity index (χ0v) is 13.1. The van der Waals surface area contributed by atoms with Crippen LogP contribution in [0.2, 0.25) is 5.02 Å². The van der Waals surface area contributed by atoms with Crippen LogP contribution in [0.3, 0.4) is 0 Å². The third-order valence-corrected chi connectivity index (χ3v) is 3.55. The topological polar surface area (TPSA) is 46.2 Å². The molecule has 0 unspecified atom stereocenters. The first-order valence-corrected chi connectivity index (χ1v) is 7.48. The summed E-state index contributed by atoms with van der Waals surface area (Å²) in [6.45, 7) is 1.90. The van der Waals surface area contributed by atoms with Gasteiger partial charge in [0, 0.05) is 23.4 Å². The average Bonchev–Trinajstić information content (AvgIpc) is 2.52. The molecule has 0 saturated heterocycles. The Kier molecular flexibility index (Phi) is 5.22. The molecule has 0 aliphatic heterocycles. The van der Waals surface area contributed by atoms with Crippen molar-refractivity contribution in [3.63, 3.8) is 0 Å². The van der Waals surface area contributed by atoms with Gasteiger partial charge in [0.2, 0.25) is 5.91 Å². The minimum Gasteiger partial charge on any atom is -0.350 e. The van der Waals surface area contributed by atoms with Crippen LogP contribution >= 0.6 is 11.6 Å². The number of amides is 1. The van der Waals surface area contributed by atoms with Crippen molar-refractivity contribution in [2.75, 3.05) is 0 Å². The maximum atomic E-state index is 12.1. The molecule has 0 heterocycles. The van der Waals surface area contributed by atoms with Crippen molar-refractivity contribution in [1.82, 2.24) is 5.32 Å². The van der Waals surface area contributed by atoms with E-state index >= 15 is 0 Å². The summed E-state index contributed by atoms with van der Waals surface area (Å²) in [6.07, 6.45) is 0.197. The second-order valence-corrected chi connectivity index (χ2v) is 5.50. The van der Waals surface area contributed by atoms with E-state index in [0.717, 1.165) is 5.56 Å². The first kappa shape index (κ1) is 14.8. The highest BCUT2D eigenvalue weighted by Crippen LogP contribution is 2.14. The highest BCUT2D eigenvalue weighted by molar-refractivity contribution is 6.31. The summed E-state index contributed by atoms with van der Waals surface area (Å²) in [4.78, 5) is 24.1. The molecule has 114 valence electrons. The van der Waals surface area contributed by atoms with Crippen molar-refractivity contribution in [3.05, 3.63) is 70.7 Å². The van der Waals surface area contributed by atoms with Crippen LogP contribution in [0.25, 0.3) is 0 Å². The van der Waals surface area contributed by atoms with Gasteiger partial charge in [0.05, 0.1) is 7.41 Å². The van der Waals surface area contributed by atoms with E-state index in [1.807, 2.05) is 37.3 Å². The minimum atomic E-state index is -0.191. The van der Waals surface area contributed by atoms with E-state index in [-0.39, 0.29) is 36.6 Å². The summed E-state index contributed by atoms with van der Waals surface area (Å²) < 4.78 is 7.56. The number of carbonyl (C=O) groups excluding carboxylic acids is 2. The van der Waals surface area contributed by atoms with Gasteiger partial charge >= 0.3 is 0 Å². The van der Waals surface area contributed by atoms with Crippen LogP contribution in [0, 0.1) is 0 Å². The molecule has 0 saturated carbocycles. The van der Waals surface area contributed by atoms with Crippen molar-refractivity contribution in [3.8, 4) is 0 Å². The number of carbonyl (C=O) groups is 2.